The van der Waals surface area contributed by atoms with E-state index in [9.17, 15) is 0 Å². The SMILES string of the molecule is CCCCC1(C)CNCCN1. The van der Waals surface area contributed by atoms with Crippen molar-refractivity contribution >= 4 is 0 Å². The molecule has 1 atom stereocenters. The monoisotopic (exact) mass is 156 g/mol. The third-order valence-electron chi connectivity index (χ3n) is 2.45. The molecule has 0 bridgehead atoms. The predicted molar refractivity (Wildman–Crippen MR) is 48.8 cm³/mol. The highest BCUT2D eigenvalue weighted by Gasteiger charge is 2.24. The molecule has 66 valence electrons. The van der Waals surface area contributed by atoms with E-state index in [0.29, 0.717) is 5.54 Å². The van der Waals surface area contributed by atoms with E-state index in [2.05, 4.69) is 24.5 Å². The van der Waals surface area contributed by atoms with Crippen LogP contribution in [0.4, 0.5) is 0 Å². The van der Waals surface area contributed by atoms with Crippen molar-refractivity contribution in [3.63, 3.8) is 0 Å². The minimum absolute atomic E-state index is 0.369. The van der Waals surface area contributed by atoms with Gasteiger partial charge in [0.1, 0.15) is 0 Å². The summed E-state index contributed by atoms with van der Waals surface area (Å²) < 4.78 is 0. The zero-order valence-electron chi connectivity index (χ0n) is 7.74. The van der Waals surface area contributed by atoms with Gasteiger partial charge in [-0.2, -0.15) is 0 Å². The van der Waals surface area contributed by atoms with Crippen molar-refractivity contribution in [1.29, 1.82) is 0 Å². The molecule has 1 heterocycles. The summed E-state index contributed by atoms with van der Waals surface area (Å²) >= 11 is 0. The van der Waals surface area contributed by atoms with Crippen LogP contribution in [0.1, 0.15) is 33.1 Å². The smallest absolute Gasteiger partial charge is 0.0278 e. The molecule has 0 aromatic rings. The summed E-state index contributed by atoms with van der Waals surface area (Å²) in [5.41, 5.74) is 0.369. The second-order valence-electron chi connectivity index (χ2n) is 3.77. The third kappa shape index (κ3) is 2.80. The zero-order valence-corrected chi connectivity index (χ0v) is 7.74. The van der Waals surface area contributed by atoms with Gasteiger partial charge in [0.2, 0.25) is 0 Å². The maximum atomic E-state index is 3.57. The summed E-state index contributed by atoms with van der Waals surface area (Å²) in [5, 5.41) is 6.99. The molecule has 0 saturated carbocycles. The fourth-order valence-electron chi connectivity index (χ4n) is 1.62. The summed E-state index contributed by atoms with van der Waals surface area (Å²) in [6, 6.07) is 0. The number of hydrogen-bond donors (Lipinski definition) is 2. The Labute approximate surface area is 69.8 Å². The minimum Gasteiger partial charge on any atom is -0.314 e. The molecule has 0 aromatic heterocycles. The van der Waals surface area contributed by atoms with E-state index in [4.69, 9.17) is 0 Å². The Kier molecular flexibility index (Phi) is 3.34. The largest absolute Gasteiger partial charge is 0.314 e. The van der Waals surface area contributed by atoms with Crippen molar-refractivity contribution in [1.82, 2.24) is 10.6 Å². The molecular formula is C9H20N2. The van der Waals surface area contributed by atoms with Crippen molar-refractivity contribution in [2.45, 2.75) is 38.6 Å². The molecule has 1 unspecified atom stereocenters. The number of rotatable bonds is 3. The Hall–Kier alpha value is -0.0800. The van der Waals surface area contributed by atoms with Crippen LogP contribution < -0.4 is 10.6 Å². The minimum atomic E-state index is 0.369. The first-order chi connectivity index (χ1) is 5.27. The summed E-state index contributed by atoms with van der Waals surface area (Å²) in [4.78, 5) is 0. The normalized spacial score (nSPS) is 32.2. The predicted octanol–water partition coefficient (Wildman–Crippen LogP) is 1.13. The summed E-state index contributed by atoms with van der Waals surface area (Å²) in [5.74, 6) is 0. The molecule has 2 nitrogen and oxygen atoms in total. The molecule has 0 aromatic carbocycles. The van der Waals surface area contributed by atoms with Gasteiger partial charge in [-0.25, -0.2) is 0 Å². The van der Waals surface area contributed by atoms with Gasteiger partial charge in [0.15, 0.2) is 0 Å². The standard InChI is InChI=1S/C9H20N2/c1-3-4-5-9(2)8-10-6-7-11-9/h10-11H,3-8H2,1-2H3. The number of hydrogen-bond acceptors (Lipinski definition) is 2. The lowest BCUT2D eigenvalue weighted by molar-refractivity contribution is 0.272. The first-order valence-corrected chi connectivity index (χ1v) is 4.72. The molecule has 1 fully saturated rings. The van der Waals surface area contributed by atoms with Crippen LogP contribution in [-0.2, 0) is 0 Å². The van der Waals surface area contributed by atoms with E-state index in [1.807, 2.05) is 0 Å². The quantitative estimate of drug-likeness (QED) is 0.640. The summed E-state index contributed by atoms with van der Waals surface area (Å²) in [6.45, 7) is 7.95. The second kappa shape index (κ2) is 4.07. The van der Waals surface area contributed by atoms with Crippen LogP contribution in [-0.4, -0.2) is 25.2 Å². The van der Waals surface area contributed by atoms with Crippen molar-refractivity contribution in [3.05, 3.63) is 0 Å². The molecule has 1 rings (SSSR count). The van der Waals surface area contributed by atoms with Crippen LogP contribution >= 0.6 is 0 Å². The highest BCUT2D eigenvalue weighted by molar-refractivity contribution is 4.88. The number of piperazine rings is 1. The highest BCUT2D eigenvalue weighted by Crippen LogP contribution is 2.13. The van der Waals surface area contributed by atoms with E-state index in [-0.39, 0.29) is 0 Å². The molecule has 1 aliphatic heterocycles. The molecule has 1 aliphatic rings. The van der Waals surface area contributed by atoms with E-state index in [1.165, 1.54) is 19.3 Å². The molecule has 0 spiro atoms. The lowest BCUT2D eigenvalue weighted by Crippen LogP contribution is -2.57. The van der Waals surface area contributed by atoms with Crippen LogP contribution in [0.15, 0.2) is 0 Å². The van der Waals surface area contributed by atoms with Crippen LogP contribution in [0.5, 0.6) is 0 Å². The van der Waals surface area contributed by atoms with Gasteiger partial charge in [-0.15, -0.1) is 0 Å². The van der Waals surface area contributed by atoms with Gasteiger partial charge in [0, 0.05) is 25.2 Å². The van der Waals surface area contributed by atoms with Gasteiger partial charge in [-0.05, 0) is 13.3 Å². The van der Waals surface area contributed by atoms with Crippen LogP contribution in [0, 0.1) is 0 Å². The average molecular weight is 156 g/mol. The lowest BCUT2D eigenvalue weighted by atomic mass is 9.93. The maximum absolute atomic E-state index is 3.57. The Morgan fingerprint density at radius 2 is 2.18 bits per heavy atom. The first kappa shape index (κ1) is 9.01. The van der Waals surface area contributed by atoms with Gasteiger partial charge in [0.25, 0.3) is 0 Å². The zero-order chi connectivity index (χ0) is 8.16. The third-order valence-corrected chi connectivity index (χ3v) is 2.45. The Morgan fingerprint density at radius 3 is 2.73 bits per heavy atom. The summed E-state index contributed by atoms with van der Waals surface area (Å²) in [6.07, 6.45) is 3.94. The molecule has 11 heavy (non-hydrogen) atoms. The van der Waals surface area contributed by atoms with E-state index >= 15 is 0 Å². The van der Waals surface area contributed by atoms with Crippen molar-refractivity contribution in [2.75, 3.05) is 19.6 Å². The molecule has 0 radical (unpaired) electrons. The lowest BCUT2D eigenvalue weighted by Gasteiger charge is -2.35. The Morgan fingerprint density at radius 1 is 1.36 bits per heavy atom. The Bertz CT molecular complexity index is 106. The number of nitrogens with one attached hydrogen (secondary N) is 2. The molecule has 2 N–H and O–H groups in total. The fraction of sp³-hybridized carbons (Fsp3) is 1.00. The number of unbranched alkanes of at least 4 members (excludes halogenated alkanes) is 1. The molecule has 0 amide bonds. The van der Waals surface area contributed by atoms with Gasteiger partial charge < -0.3 is 10.6 Å². The average Bonchev–Trinajstić information content (AvgIpc) is 2.03. The first-order valence-electron chi connectivity index (χ1n) is 4.72. The van der Waals surface area contributed by atoms with E-state index in [1.54, 1.807) is 0 Å². The highest BCUT2D eigenvalue weighted by atomic mass is 15.1. The van der Waals surface area contributed by atoms with Gasteiger partial charge in [-0.3, -0.25) is 0 Å². The Balaban J connectivity index is 2.25. The van der Waals surface area contributed by atoms with E-state index < -0.39 is 0 Å². The van der Waals surface area contributed by atoms with Crippen molar-refractivity contribution < 1.29 is 0 Å². The van der Waals surface area contributed by atoms with Gasteiger partial charge >= 0.3 is 0 Å². The van der Waals surface area contributed by atoms with E-state index in [0.717, 1.165) is 19.6 Å². The molecule has 0 aliphatic carbocycles. The second-order valence-corrected chi connectivity index (χ2v) is 3.77. The van der Waals surface area contributed by atoms with Gasteiger partial charge in [0.05, 0.1) is 0 Å². The van der Waals surface area contributed by atoms with Crippen LogP contribution in [0.2, 0.25) is 0 Å². The van der Waals surface area contributed by atoms with Crippen molar-refractivity contribution in [2.24, 2.45) is 0 Å². The van der Waals surface area contributed by atoms with Crippen LogP contribution in [0.25, 0.3) is 0 Å². The van der Waals surface area contributed by atoms with Gasteiger partial charge in [-0.1, -0.05) is 19.8 Å². The van der Waals surface area contributed by atoms with Crippen molar-refractivity contribution in [3.8, 4) is 0 Å². The van der Waals surface area contributed by atoms with Crippen LogP contribution in [0.3, 0.4) is 0 Å². The topological polar surface area (TPSA) is 24.1 Å². The maximum Gasteiger partial charge on any atom is 0.0278 e. The molecule has 2 heteroatoms. The molecular weight excluding hydrogens is 136 g/mol. The fourth-order valence-corrected chi connectivity index (χ4v) is 1.62. The molecule has 1 saturated heterocycles. The summed E-state index contributed by atoms with van der Waals surface area (Å²) in [7, 11) is 0.